The van der Waals surface area contributed by atoms with Gasteiger partial charge in [-0.25, -0.2) is 28.2 Å². The van der Waals surface area contributed by atoms with Crippen LogP contribution in [-0.2, 0) is 12.1 Å². The molecule has 0 saturated carbocycles. The first kappa shape index (κ1) is 24.8. The molecular weight excluding hydrogens is 500 g/mol. The number of aromatic nitrogens is 7. The molecule has 0 radical (unpaired) electrons. The van der Waals surface area contributed by atoms with Crippen molar-refractivity contribution < 1.29 is 8.78 Å². The number of rotatable bonds is 6. The van der Waals surface area contributed by atoms with Gasteiger partial charge < -0.3 is 10.6 Å². The second-order valence-electron chi connectivity index (χ2n) is 9.77. The highest BCUT2D eigenvalue weighted by molar-refractivity contribution is 5.78. The Morgan fingerprint density at radius 1 is 1.00 bits per heavy atom. The van der Waals surface area contributed by atoms with Crippen LogP contribution >= 0.6 is 0 Å². The summed E-state index contributed by atoms with van der Waals surface area (Å²) in [5, 5.41) is 8.77. The summed E-state index contributed by atoms with van der Waals surface area (Å²) in [6, 6.07) is 5.46. The van der Waals surface area contributed by atoms with Crippen LogP contribution in [-0.4, -0.2) is 47.4 Å². The monoisotopic (exact) mass is 527 g/mol. The first-order valence-corrected chi connectivity index (χ1v) is 12.7. The molecule has 198 valence electrons. The molecule has 1 aliphatic heterocycles. The summed E-state index contributed by atoms with van der Waals surface area (Å²) in [5.74, 6) is 0.0931. The molecule has 9 nitrogen and oxygen atoms in total. The van der Waals surface area contributed by atoms with Gasteiger partial charge in [0.05, 0.1) is 11.7 Å². The molecule has 0 saturated heterocycles. The smallest absolute Gasteiger partial charge is 0.156 e. The standard InChI is InChI=1S/C28H27F2N9/c1-3-38-15-20(12-35-38)19-10-25-27(34-17-36-39(25)16-19)37-8-6-18(7-9-37)26-32-13-21(14-33-26)28(2,31)23-5-4-22(29)11-24(23)30/h4-6,10-17H,3,7-9,31H2,1-2H3. The number of anilines is 1. The van der Waals surface area contributed by atoms with E-state index in [2.05, 4.69) is 49.1 Å². The van der Waals surface area contributed by atoms with Gasteiger partial charge in [0.2, 0.25) is 0 Å². The van der Waals surface area contributed by atoms with Gasteiger partial charge in [-0.15, -0.1) is 0 Å². The lowest BCUT2D eigenvalue weighted by Gasteiger charge is -2.28. The zero-order valence-corrected chi connectivity index (χ0v) is 21.6. The summed E-state index contributed by atoms with van der Waals surface area (Å²) in [4.78, 5) is 15.8. The summed E-state index contributed by atoms with van der Waals surface area (Å²) in [6.07, 6.45) is 13.5. The van der Waals surface area contributed by atoms with E-state index in [1.54, 1.807) is 25.6 Å². The first-order chi connectivity index (χ1) is 18.8. The third kappa shape index (κ3) is 4.54. The predicted molar refractivity (Wildman–Crippen MR) is 144 cm³/mol. The molecule has 1 atom stereocenters. The molecule has 1 aromatic carbocycles. The fourth-order valence-electron chi connectivity index (χ4n) is 4.90. The summed E-state index contributed by atoms with van der Waals surface area (Å²) in [5.41, 5.74) is 9.93. The van der Waals surface area contributed by atoms with Gasteiger partial charge in [0, 0.05) is 72.7 Å². The van der Waals surface area contributed by atoms with Gasteiger partial charge in [-0.1, -0.05) is 12.1 Å². The lowest BCUT2D eigenvalue weighted by atomic mass is 9.87. The molecule has 11 heteroatoms. The SMILES string of the molecule is CCn1cc(-c2cc3c(N4CC=C(c5ncc(C(C)(N)c6ccc(F)cc6F)cn5)CC4)ncnn3c2)cn1. The number of aryl methyl sites for hydroxylation is 1. The van der Waals surface area contributed by atoms with Crippen LogP contribution in [0.2, 0.25) is 0 Å². The van der Waals surface area contributed by atoms with Gasteiger partial charge in [0.15, 0.2) is 11.6 Å². The van der Waals surface area contributed by atoms with Gasteiger partial charge >= 0.3 is 0 Å². The maximum atomic E-state index is 14.4. The highest BCUT2D eigenvalue weighted by atomic mass is 19.1. The van der Waals surface area contributed by atoms with Crippen molar-refractivity contribution in [3.05, 3.63) is 96.2 Å². The normalized spacial score (nSPS) is 15.4. The molecule has 1 unspecified atom stereocenters. The fraction of sp³-hybridized carbons (Fsp3) is 0.250. The van der Waals surface area contributed by atoms with Crippen molar-refractivity contribution in [2.45, 2.75) is 32.4 Å². The van der Waals surface area contributed by atoms with Gasteiger partial charge in [0.25, 0.3) is 0 Å². The molecule has 0 fully saturated rings. The van der Waals surface area contributed by atoms with E-state index in [0.29, 0.717) is 17.9 Å². The predicted octanol–water partition coefficient (Wildman–Crippen LogP) is 4.20. The van der Waals surface area contributed by atoms with Crippen molar-refractivity contribution in [2.75, 3.05) is 18.0 Å². The maximum absolute atomic E-state index is 14.4. The van der Waals surface area contributed by atoms with Gasteiger partial charge in [-0.3, -0.25) is 4.68 Å². The largest absolute Gasteiger partial charge is 0.351 e. The zero-order valence-electron chi connectivity index (χ0n) is 21.6. The third-order valence-corrected chi connectivity index (χ3v) is 7.21. The fourth-order valence-corrected chi connectivity index (χ4v) is 4.90. The number of halogens is 2. The number of fused-ring (bicyclic) bond motifs is 1. The number of benzene rings is 1. The Balaban J connectivity index is 1.21. The number of hydrogen-bond acceptors (Lipinski definition) is 7. The van der Waals surface area contributed by atoms with Crippen LogP contribution < -0.4 is 10.6 Å². The highest BCUT2D eigenvalue weighted by Gasteiger charge is 2.28. The highest BCUT2D eigenvalue weighted by Crippen LogP contribution is 2.31. The summed E-state index contributed by atoms with van der Waals surface area (Å²) in [7, 11) is 0. The summed E-state index contributed by atoms with van der Waals surface area (Å²) < 4.78 is 31.5. The maximum Gasteiger partial charge on any atom is 0.156 e. The molecule has 0 amide bonds. The lowest BCUT2D eigenvalue weighted by molar-refractivity contribution is 0.515. The molecule has 39 heavy (non-hydrogen) atoms. The van der Waals surface area contributed by atoms with E-state index in [1.165, 1.54) is 12.1 Å². The van der Waals surface area contributed by atoms with Crippen LogP contribution in [0.3, 0.4) is 0 Å². The molecule has 4 aromatic heterocycles. The quantitative estimate of drug-likeness (QED) is 0.353. The second kappa shape index (κ2) is 9.66. The van der Waals surface area contributed by atoms with Crippen molar-refractivity contribution in [2.24, 2.45) is 5.73 Å². The van der Waals surface area contributed by atoms with Crippen LogP contribution in [0, 0.1) is 11.6 Å². The summed E-state index contributed by atoms with van der Waals surface area (Å²) in [6.45, 7) is 5.89. The zero-order chi connectivity index (χ0) is 27.1. The number of hydrogen-bond donors (Lipinski definition) is 1. The Bertz CT molecular complexity index is 1690. The summed E-state index contributed by atoms with van der Waals surface area (Å²) >= 11 is 0. The van der Waals surface area contributed by atoms with Crippen molar-refractivity contribution in [1.29, 1.82) is 0 Å². The van der Waals surface area contributed by atoms with E-state index in [9.17, 15) is 8.78 Å². The van der Waals surface area contributed by atoms with E-state index < -0.39 is 17.2 Å². The van der Waals surface area contributed by atoms with Gasteiger partial charge in [0.1, 0.15) is 23.5 Å². The van der Waals surface area contributed by atoms with Crippen LogP contribution in [0.4, 0.5) is 14.6 Å². The van der Waals surface area contributed by atoms with Gasteiger partial charge in [-0.2, -0.15) is 10.2 Å². The Labute approximate surface area is 223 Å². The molecule has 0 spiro atoms. The Kier molecular flexibility index (Phi) is 6.15. The first-order valence-electron chi connectivity index (χ1n) is 12.7. The van der Waals surface area contributed by atoms with Gasteiger partial charge in [-0.05, 0) is 38.0 Å². The van der Waals surface area contributed by atoms with Crippen LogP contribution in [0.5, 0.6) is 0 Å². The molecule has 0 bridgehead atoms. The van der Waals surface area contributed by atoms with Crippen molar-refractivity contribution in [1.82, 2.24) is 34.3 Å². The van der Waals surface area contributed by atoms with E-state index in [1.807, 2.05) is 27.8 Å². The van der Waals surface area contributed by atoms with Crippen molar-refractivity contribution >= 4 is 16.9 Å². The topological polar surface area (TPSA) is 103 Å². The van der Waals surface area contributed by atoms with Crippen LogP contribution in [0.25, 0.3) is 22.2 Å². The average Bonchev–Trinajstić information content (AvgIpc) is 3.60. The molecule has 2 N–H and O–H groups in total. The average molecular weight is 528 g/mol. The molecular formula is C28H27F2N9. The number of nitrogens with two attached hydrogens (primary N) is 1. The molecule has 6 rings (SSSR count). The van der Waals surface area contributed by atoms with Crippen LogP contribution in [0.1, 0.15) is 37.2 Å². The lowest BCUT2D eigenvalue weighted by Crippen LogP contribution is -2.35. The number of nitrogens with zero attached hydrogens (tertiary/aromatic N) is 8. The van der Waals surface area contributed by atoms with Crippen molar-refractivity contribution in [3.8, 4) is 11.1 Å². The molecule has 5 aromatic rings. The molecule has 5 heterocycles. The van der Waals surface area contributed by atoms with E-state index >= 15 is 0 Å². The Hall–Kier alpha value is -4.51. The second-order valence-corrected chi connectivity index (χ2v) is 9.77. The Morgan fingerprint density at radius 2 is 1.82 bits per heavy atom. The minimum Gasteiger partial charge on any atom is -0.351 e. The minimum atomic E-state index is -1.21. The van der Waals surface area contributed by atoms with E-state index in [-0.39, 0.29) is 5.56 Å². The van der Waals surface area contributed by atoms with E-state index in [4.69, 9.17) is 5.73 Å². The van der Waals surface area contributed by atoms with E-state index in [0.717, 1.165) is 53.6 Å². The van der Waals surface area contributed by atoms with Crippen LogP contribution in [0.15, 0.2) is 67.7 Å². The molecule has 1 aliphatic rings. The molecule has 0 aliphatic carbocycles. The Morgan fingerprint density at radius 3 is 2.51 bits per heavy atom. The third-order valence-electron chi connectivity index (χ3n) is 7.21. The van der Waals surface area contributed by atoms with Crippen molar-refractivity contribution in [3.63, 3.8) is 0 Å². The minimum absolute atomic E-state index is 0.177.